The van der Waals surface area contributed by atoms with Crippen LogP contribution in [0.2, 0.25) is 0 Å². The van der Waals surface area contributed by atoms with Gasteiger partial charge in [0.2, 0.25) is 0 Å². The summed E-state index contributed by atoms with van der Waals surface area (Å²) in [7, 11) is 0. The molecule has 2 heterocycles. The lowest BCUT2D eigenvalue weighted by atomic mass is 10.2. The molecular weight excluding hydrogens is 222 g/mol. The molecule has 0 radical (unpaired) electrons. The molecule has 0 aromatic carbocycles. The quantitative estimate of drug-likeness (QED) is 0.717. The SMILES string of the molecule is CCC(NCC1CC(O)CN1)c1nccs1. The molecule has 1 aliphatic rings. The van der Waals surface area contributed by atoms with Crippen LogP contribution >= 0.6 is 11.3 Å². The maximum atomic E-state index is 9.41. The van der Waals surface area contributed by atoms with E-state index in [-0.39, 0.29) is 6.10 Å². The van der Waals surface area contributed by atoms with Crippen LogP contribution in [0, 0.1) is 0 Å². The minimum Gasteiger partial charge on any atom is -0.392 e. The van der Waals surface area contributed by atoms with E-state index in [1.165, 1.54) is 0 Å². The van der Waals surface area contributed by atoms with E-state index in [4.69, 9.17) is 0 Å². The summed E-state index contributed by atoms with van der Waals surface area (Å²) in [5.74, 6) is 0. The molecule has 3 atom stereocenters. The number of aliphatic hydroxyl groups is 1. The van der Waals surface area contributed by atoms with Crippen molar-refractivity contribution in [2.75, 3.05) is 13.1 Å². The summed E-state index contributed by atoms with van der Waals surface area (Å²) in [4.78, 5) is 4.33. The minimum atomic E-state index is -0.174. The summed E-state index contributed by atoms with van der Waals surface area (Å²) in [5.41, 5.74) is 0. The first-order chi connectivity index (χ1) is 7.79. The normalized spacial score (nSPS) is 27.1. The van der Waals surface area contributed by atoms with E-state index in [0.29, 0.717) is 12.1 Å². The van der Waals surface area contributed by atoms with Crippen LogP contribution in [0.5, 0.6) is 0 Å². The lowest BCUT2D eigenvalue weighted by Crippen LogP contribution is -2.35. The molecule has 1 fully saturated rings. The van der Waals surface area contributed by atoms with Crippen molar-refractivity contribution in [3.8, 4) is 0 Å². The Morgan fingerprint density at radius 1 is 1.75 bits per heavy atom. The van der Waals surface area contributed by atoms with E-state index in [9.17, 15) is 5.11 Å². The number of β-amino-alcohol motifs (C(OH)–C–C–N with tert-alkyl or cyclic N) is 1. The fourth-order valence-electron chi connectivity index (χ4n) is 2.05. The smallest absolute Gasteiger partial charge is 0.109 e. The van der Waals surface area contributed by atoms with Gasteiger partial charge in [0.1, 0.15) is 5.01 Å². The summed E-state index contributed by atoms with van der Waals surface area (Å²) < 4.78 is 0. The van der Waals surface area contributed by atoms with Gasteiger partial charge in [0.05, 0.1) is 12.1 Å². The molecule has 3 N–H and O–H groups in total. The van der Waals surface area contributed by atoms with Crippen LogP contribution in [0.15, 0.2) is 11.6 Å². The Morgan fingerprint density at radius 3 is 3.19 bits per heavy atom. The van der Waals surface area contributed by atoms with Crippen LogP contribution in [0.4, 0.5) is 0 Å². The molecule has 0 saturated carbocycles. The topological polar surface area (TPSA) is 57.2 Å². The number of rotatable bonds is 5. The number of aliphatic hydroxyl groups excluding tert-OH is 1. The van der Waals surface area contributed by atoms with E-state index >= 15 is 0 Å². The highest BCUT2D eigenvalue weighted by Gasteiger charge is 2.22. The molecule has 0 bridgehead atoms. The van der Waals surface area contributed by atoms with Gasteiger partial charge in [0, 0.05) is 30.7 Å². The molecule has 0 spiro atoms. The zero-order chi connectivity index (χ0) is 11.4. The van der Waals surface area contributed by atoms with Crippen LogP contribution in [-0.4, -0.2) is 35.3 Å². The average Bonchev–Trinajstić information content (AvgIpc) is 2.91. The summed E-state index contributed by atoms with van der Waals surface area (Å²) in [5, 5.41) is 19.4. The molecule has 5 heteroatoms. The second-order valence-corrected chi connectivity index (χ2v) is 5.16. The molecule has 1 aliphatic heterocycles. The van der Waals surface area contributed by atoms with Crippen molar-refractivity contribution in [1.82, 2.24) is 15.6 Å². The number of thiazole rings is 1. The van der Waals surface area contributed by atoms with Crippen molar-refractivity contribution in [3.05, 3.63) is 16.6 Å². The van der Waals surface area contributed by atoms with Gasteiger partial charge in [-0.25, -0.2) is 4.98 Å². The van der Waals surface area contributed by atoms with Gasteiger partial charge < -0.3 is 15.7 Å². The highest BCUT2D eigenvalue weighted by Crippen LogP contribution is 2.19. The molecule has 4 nitrogen and oxygen atoms in total. The van der Waals surface area contributed by atoms with Gasteiger partial charge in [0.15, 0.2) is 0 Å². The summed E-state index contributed by atoms with van der Waals surface area (Å²) in [6.07, 6.45) is 3.57. The predicted molar refractivity (Wildman–Crippen MR) is 65.6 cm³/mol. The van der Waals surface area contributed by atoms with Crippen LogP contribution in [0.3, 0.4) is 0 Å². The third-order valence-corrected chi connectivity index (χ3v) is 3.86. The molecule has 1 aromatic rings. The molecule has 1 aromatic heterocycles. The third-order valence-electron chi connectivity index (χ3n) is 2.97. The lowest BCUT2D eigenvalue weighted by molar-refractivity contribution is 0.193. The number of nitrogens with zero attached hydrogens (tertiary/aromatic N) is 1. The van der Waals surface area contributed by atoms with Gasteiger partial charge >= 0.3 is 0 Å². The minimum absolute atomic E-state index is 0.174. The molecule has 0 amide bonds. The van der Waals surface area contributed by atoms with E-state index in [2.05, 4.69) is 22.5 Å². The first-order valence-corrected chi connectivity index (χ1v) is 6.71. The van der Waals surface area contributed by atoms with Crippen molar-refractivity contribution < 1.29 is 5.11 Å². The number of nitrogens with one attached hydrogen (secondary N) is 2. The standard InChI is InChI=1S/C11H19N3OS/c1-2-10(11-12-3-4-16-11)14-6-8-5-9(15)7-13-8/h3-4,8-10,13-15H,2,5-7H2,1H3. The van der Waals surface area contributed by atoms with Crippen molar-refractivity contribution in [2.24, 2.45) is 0 Å². The second-order valence-electron chi connectivity index (χ2n) is 4.23. The average molecular weight is 241 g/mol. The monoisotopic (exact) mass is 241 g/mol. The second kappa shape index (κ2) is 5.72. The van der Waals surface area contributed by atoms with Crippen LogP contribution in [0.25, 0.3) is 0 Å². The fraction of sp³-hybridized carbons (Fsp3) is 0.727. The molecule has 3 unspecified atom stereocenters. The molecule has 90 valence electrons. The maximum absolute atomic E-state index is 9.41. The Hall–Kier alpha value is -0.490. The number of hydrogen-bond acceptors (Lipinski definition) is 5. The summed E-state index contributed by atoms with van der Waals surface area (Å²) in [6, 6.07) is 0.739. The van der Waals surface area contributed by atoms with Gasteiger partial charge in [-0.1, -0.05) is 6.92 Å². The molecule has 1 saturated heterocycles. The van der Waals surface area contributed by atoms with Gasteiger partial charge in [-0.3, -0.25) is 0 Å². The maximum Gasteiger partial charge on any atom is 0.109 e. The van der Waals surface area contributed by atoms with Gasteiger partial charge in [-0.15, -0.1) is 11.3 Å². The van der Waals surface area contributed by atoms with Gasteiger partial charge in [-0.05, 0) is 12.8 Å². The number of aromatic nitrogens is 1. The van der Waals surface area contributed by atoms with E-state index in [1.807, 2.05) is 11.6 Å². The molecule has 0 aliphatic carbocycles. The largest absolute Gasteiger partial charge is 0.392 e. The molecular formula is C11H19N3OS. The van der Waals surface area contributed by atoms with Crippen molar-refractivity contribution in [2.45, 2.75) is 38.0 Å². The first-order valence-electron chi connectivity index (χ1n) is 5.83. The van der Waals surface area contributed by atoms with E-state index in [0.717, 1.165) is 30.9 Å². The predicted octanol–water partition coefficient (Wildman–Crippen LogP) is 0.907. The van der Waals surface area contributed by atoms with Crippen molar-refractivity contribution >= 4 is 11.3 Å². The lowest BCUT2D eigenvalue weighted by Gasteiger charge is -2.17. The zero-order valence-corrected chi connectivity index (χ0v) is 10.3. The Kier molecular flexibility index (Phi) is 4.29. The molecule has 16 heavy (non-hydrogen) atoms. The Bertz CT molecular complexity index is 304. The van der Waals surface area contributed by atoms with Crippen molar-refractivity contribution in [3.63, 3.8) is 0 Å². The van der Waals surface area contributed by atoms with Gasteiger partial charge in [0.25, 0.3) is 0 Å². The Balaban J connectivity index is 1.79. The fourth-order valence-corrected chi connectivity index (χ4v) is 2.85. The van der Waals surface area contributed by atoms with Crippen LogP contribution < -0.4 is 10.6 Å². The van der Waals surface area contributed by atoms with E-state index < -0.39 is 0 Å². The third kappa shape index (κ3) is 3.01. The highest BCUT2D eigenvalue weighted by molar-refractivity contribution is 7.09. The van der Waals surface area contributed by atoms with Crippen molar-refractivity contribution in [1.29, 1.82) is 0 Å². The summed E-state index contributed by atoms with van der Waals surface area (Å²) >= 11 is 1.70. The van der Waals surface area contributed by atoms with Gasteiger partial charge in [-0.2, -0.15) is 0 Å². The Labute approximate surface area is 100 Å². The van der Waals surface area contributed by atoms with Crippen LogP contribution in [0.1, 0.15) is 30.8 Å². The highest BCUT2D eigenvalue weighted by atomic mass is 32.1. The van der Waals surface area contributed by atoms with E-state index in [1.54, 1.807) is 11.3 Å². The number of hydrogen-bond donors (Lipinski definition) is 3. The molecule has 2 rings (SSSR count). The Morgan fingerprint density at radius 2 is 2.62 bits per heavy atom. The van der Waals surface area contributed by atoms with Crippen LogP contribution in [-0.2, 0) is 0 Å². The zero-order valence-electron chi connectivity index (χ0n) is 9.52. The summed E-state index contributed by atoms with van der Waals surface area (Å²) in [6.45, 7) is 3.78. The first kappa shape index (κ1) is 12.0.